The fourth-order valence-electron chi connectivity index (χ4n) is 2.83. The number of carbonyl (C=O) groups is 1. The van der Waals surface area contributed by atoms with E-state index < -0.39 is 17.6 Å². The van der Waals surface area contributed by atoms with Gasteiger partial charge in [0.25, 0.3) is 0 Å². The maximum atomic E-state index is 13.6. The summed E-state index contributed by atoms with van der Waals surface area (Å²) < 4.78 is 42.7. The molecule has 0 aliphatic carbocycles. The normalized spacial score (nSPS) is 10.7. The fourth-order valence-corrected chi connectivity index (χ4v) is 2.83. The lowest BCUT2D eigenvalue weighted by Crippen LogP contribution is -2.04. The molecule has 0 amide bonds. The highest BCUT2D eigenvalue weighted by atomic mass is 19.2. The van der Waals surface area contributed by atoms with Gasteiger partial charge in [-0.2, -0.15) is 0 Å². The van der Waals surface area contributed by atoms with Gasteiger partial charge in [0, 0.05) is 11.6 Å². The summed E-state index contributed by atoms with van der Waals surface area (Å²) in [7, 11) is 4.18. The molecule has 0 saturated carbocycles. The quantitative estimate of drug-likeness (QED) is 0.729. The molecule has 0 radical (unpaired) electrons. The molecule has 0 aliphatic rings. The van der Waals surface area contributed by atoms with Gasteiger partial charge < -0.3 is 19.3 Å². The van der Waals surface area contributed by atoms with Gasteiger partial charge in [-0.1, -0.05) is 0 Å². The van der Waals surface area contributed by atoms with Crippen LogP contribution < -0.4 is 14.2 Å². The molecule has 27 heavy (non-hydrogen) atoms. The van der Waals surface area contributed by atoms with Gasteiger partial charge in [0.15, 0.2) is 23.1 Å². The highest BCUT2D eigenvalue weighted by molar-refractivity contribution is 6.08. The summed E-state index contributed by atoms with van der Waals surface area (Å²) in [5.74, 6) is -2.65. The molecule has 0 atom stereocenters. The van der Waals surface area contributed by atoms with E-state index in [0.29, 0.717) is 0 Å². The van der Waals surface area contributed by atoms with E-state index in [4.69, 9.17) is 14.2 Å². The van der Waals surface area contributed by atoms with Gasteiger partial charge in [0.05, 0.1) is 43.5 Å². The van der Waals surface area contributed by atoms with E-state index in [1.807, 2.05) is 0 Å². The van der Waals surface area contributed by atoms with Gasteiger partial charge in [-0.25, -0.2) is 18.6 Å². The van der Waals surface area contributed by atoms with Crippen molar-refractivity contribution in [3.05, 3.63) is 47.5 Å². The Kier molecular flexibility index (Phi) is 4.81. The van der Waals surface area contributed by atoms with Crippen LogP contribution in [0.15, 0.2) is 30.3 Å². The van der Waals surface area contributed by atoms with Crippen molar-refractivity contribution in [2.45, 2.75) is 0 Å². The topological polar surface area (TPSA) is 77.9 Å². The molecular formula is C19H15F2NO5. The van der Waals surface area contributed by atoms with Crippen molar-refractivity contribution in [3.63, 3.8) is 0 Å². The molecular weight excluding hydrogens is 360 g/mol. The Balaban J connectivity index is 2.40. The Hall–Kier alpha value is -3.42. The second-order valence-electron chi connectivity index (χ2n) is 5.53. The van der Waals surface area contributed by atoms with E-state index in [1.54, 1.807) is 0 Å². The number of ether oxygens (including phenoxy) is 3. The lowest BCUT2D eigenvalue weighted by molar-refractivity contribution is 0.0698. The van der Waals surface area contributed by atoms with Crippen LogP contribution in [-0.4, -0.2) is 37.4 Å². The fraction of sp³-hybridized carbons (Fsp3) is 0.158. The molecule has 0 aliphatic heterocycles. The number of carboxylic acid groups (broad SMARTS) is 1. The summed E-state index contributed by atoms with van der Waals surface area (Å²) in [6.45, 7) is 0. The number of aromatic carboxylic acids is 1. The van der Waals surface area contributed by atoms with E-state index in [-0.39, 0.29) is 45.0 Å². The monoisotopic (exact) mass is 375 g/mol. The first-order valence-corrected chi connectivity index (χ1v) is 7.73. The smallest absolute Gasteiger partial charge is 0.336 e. The zero-order chi connectivity index (χ0) is 19.7. The van der Waals surface area contributed by atoms with Crippen LogP contribution in [0.4, 0.5) is 8.78 Å². The van der Waals surface area contributed by atoms with E-state index >= 15 is 0 Å². The molecule has 8 heteroatoms. The number of nitrogens with zero attached hydrogens (tertiary/aromatic N) is 1. The van der Waals surface area contributed by atoms with Crippen molar-refractivity contribution >= 4 is 16.9 Å². The molecule has 0 bridgehead atoms. The molecule has 0 spiro atoms. The average Bonchev–Trinajstić information content (AvgIpc) is 2.67. The molecule has 1 N–H and O–H groups in total. The third-order valence-corrected chi connectivity index (χ3v) is 4.05. The SMILES string of the molecule is COc1cc2nc(-c3ccc(F)c(F)c3)cc(C(=O)O)c2c(OC)c1OC. The molecule has 1 aromatic heterocycles. The van der Waals surface area contributed by atoms with Crippen molar-refractivity contribution in [1.29, 1.82) is 0 Å². The number of hydrogen-bond donors (Lipinski definition) is 1. The number of fused-ring (bicyclic) bond motifs is 1. The molecule has 3 aromatic rings. The molecule has 0 unspecified atom stereocenters. The van der Waals surface area contributed by atoms with E-state index in [2.05, 4.69) is 4.98 Å². The number of carboxylic acids is 1. The second kappa shape index (κ2) is 7.06. The van der Waals surface area contributed by atoms with Gasteiger partial charge in [-0.3, -0.25) is 0 Å². The summed E-state index contributed by atoms with van der Waals surface area (Å²) in [4.78, 5) is 16.2. The Morgan fingerprint density at radius 1 is 0.963 bits per heavy atom. The van der Waals surface area contributed by atoms with Crippen molar-refractivity contribution < 1.29 is 32.9 Å². The Morgan fingerprint density at radius 3 is 2.22 bits per heavy atom. The summed E-state index contributed by atoms with van der Waals surface area (Å²) in [5.41, 5.74) is 0.502. The highest BCUT2D eigenvalue weighted by Crippen LogP contribution is 2.44. The first-order valence-electron chi connectivity index (χ1n) is 7.73. The molecule has 2 aromatic carbocycles. The Morgan fingerprint density at radius 2 is 1.67 bits per heavy atom. The van der Waals surface area contributed by atoms with Crippen LogP contribution in [0, 0.1) is 11.6 Å². The minimum atomic E-state index is -1.24. The second-order valence-corrected chi connectivity index (χ2v) is 5.53. The standard InChI is InChI=1S/C19H15F2NO5/c1-25-15-8-14-16(18(27-3)17(15)26-2)10(19(23)24)7-13(22-14)9-4-5-11(20)12(21)6-9/h4-8H,1-3H3,(H,23,24). The molecule has 0 fully saturated rings. The summed E-state index contributed by atoms with van der Waals surface area (Å²) >= 11 is 0. The lowest BCUT2D eigenvalue weighted by atomic mass is 10.0. The minimum absolute atomic E-state index is 0.127. The van der Waals surface area contributed by atoms with Crippen LogP contribution in [-0.2, 0) is 0 Å². The lowest BCUT2D eigenvalue weighted by Gasteiger charge is -2.16. The largest absolute Gasteiger partial charge is 0.493 e. The number of rotatable bonds is 5. The van der Waals surface area contributed by atoms with Crippen molar-refractivity contribution in [2.75, 3.05) is 21.3 Å². The number of benzene rings is 2. The van der Waals surface area contributed by atoms with Gasteiger partial charge in [0.2, 0.25) is 5.75 Å². The maximum absolute atomic E-state index is 13.6. The van der Waals surface area contributed by atoms with Gasteiger partial charge in [0.1, 0.15) is 0 Å². The van der Waals surface area contributed by atoms with Crippen LogP contribution in [0.2, 0.25) is 0 Å². The summed E-state index contributed by atoms with van der Waals surface area (Å²) in [5, 5.41) is 9.88. The summed E-state index contributed by atoms with van der Waals surface area (Å²) in [6, 6.07) is 5.98. The minimum Gasteiger partial charge on any atom is -0.493 e. The molecule has 1 heterocycles. The van der Waals surface area contributed by atoms with Crippen molar-refractivity contribution in [2.24, 2.45) is 0 Å². The first kappa shape index (κ1) is 18.4. The molecule has 3 rings (SSSR count). The van der Waals surface area contributed by atoms with Crippen molar-refractivity contribution in [3.8, 4) is 28.5 Å². The Labute approximate surface area is 152 Å². The highest BCUT2D eigenvalue weighted by Gasteiger charge is 2.23. The van der Waals surface area contributed by atoms with Crippen LogP contribution in [0.5, 0.6) is 17.2 Å². The zero-order valence-corrected chi connectivity index (χ0v) is 14.7. The first-order chi connectivity index (χ1) is 12.9. The third-order valence-electron chi connectivity index (χ3n) is 4.05. The zero-order valence-electron chi connectivity index (χ0n) is 14.7. The van der Waals surface area contributed by atoms with Crippen LogP contribution in [0.3, 0.4) is 0 Å². The molecule has 0 saturated heterocycles. The van der Waals surface area contributed by atoms with Crippen LogP contribution >= 0.6 is 0 Å². The number of pyridine rings is 1. The summed E-state index contributed by atoms with van der Waals surface area (Å²) in [6.07, 6.45) is 0. The number of aromatic nitrogens is 1. The van der Waals surface area contributed by atoms with E-state index in [1.165, 1.54) is 39.5 Å². The number of halogens is 2. The van der Waals surface area contributed by atoms with Gasteiger partial charge in [-0.05, 0) is 24.3 Å². The Bertz CT molecular complexity index is 1050. The third kappa shape index (κ3) is 3.10. The van der Waals surface area contributed by atoms with Gasteiger partial charge >= 0.3 is 5.97 Å². The number of methoxy groups -OCH3 is 3. The molecule has 140 valence electrons. The number of hydrogen-bond acceptors (Lipinski definition) is 5. The predicted molar refractivity (Wildman–Crippen MR) is 93.7 cm³/mol. The van der Waals surface area contributed by atoms with Crippen LogP contribution in [0.1, 0.15) is 10.4 Å². The predicted octanol–water partition coefficient (Wildman–Crippen LogP) is 3.90. The molecule has 6 nitrogen and oxygen atoms in total. The van der Waals surface area contributed by atoms with Gasteiger partial charge in [-0.15, -0.1) is 0 Å². The van der Waals surface area contributed by atoms with Crippen molar-refractivity contribution in [1.82, 2.24) is 4.98 Å². The van der Waals surface area contributed by atoms with Crippen LogP contribution in [0.25, 0.3) is 22.2 Å². The average molecular weight is 375 g/mol. The van der Waals surface area contributed by atoms with E-state index in [9.17, 15) is 18.7 Å². The van der Waals surface area contributed by atoms with E-state index in [0.717, 1.165) is 12.1 Å². The maximum Gasteiger partial charge on any atom is 0.336 e.